The number of aryl methyl sites for hydroxylation is 1. The predicted octanol–water partition coefficient (Wildman–Crippen LogP) is 3.80. The van der Waals surface area contributed by atoms with Gasteiger partial charge in [-0.25, -0.2) is 0 Å². The second-order valence-electron chi connectivity index (χ2n) is 5.24. The first-order valence-electron chi connectivity index (χ1n) is 7.33. The van der Waals surface area contributed by atoms with Crippen LogP contribution in [-0.4, -0.2) is 20.0 Å². The highest BCUT2D eigenvalue weighted by Gasteiger charge is 2.15. The first-order chi connectivity index (χ1) is 11.3. The van der Waals surface area contributed by atoms with Crippen molar-refractivity contribution in [3.63, 3.8) is 0 Å². The Labute approximate surface area is 139 Å². The molecule has 0 saturated carbocycles. The Balaban J connectivity index is 1.77. The summed E-state index contributed by atoms with van der Waals surface area (Å²) in [6, 6.07) is 20.5. The van der Waals surface area contributed by atoms with Crippen LogP contribution in [0.2, 0.25) is 0 Å². The van der Waals surface area contributed by atoms with E-state index in [0.29, 0.717) is 6.42 Å². The summed E-state index contributed by atoms with van der Waals surface area (Å²) in [5.74, 6) is 0. The highest BCUT2D eigenvalue weighted by Crippen LogP contribution is 2.26. The molecule has 0 saturated heterocycles. The smallest absolute Gasteiger partial charge is 0.196 e. The maximum Gasteiger partial charge on any atom is 0.196 e. The van der Waals surface area contributed by atoms with Crippen molar-refractivity contribution in [3.8, 4) is 11.8 Å². The van der Waals surface area contributed by atoms with E-state index < -0.39 is 0 Å². The molecular formula is C18H16N4S. The molecule has 1 atom stereocenters. The summed E-state index contributed by atoms with van der Waals surface area (Å²) in [6.07, 6.45) is 2.36. The van der Waals surface area contributed by atoms with Crippen molar-refractivity contribution < 1.29 is 0 Å². The molecular weight excluding hydrogens is 304 g/mol. The molecule has 23 heavy (non-hydrogen) atoms. The Hall–Kier alpha value is -2.58. The van der Waals surface area contributed by atoms with Crippen molar-refractivity contribution in [2.75, 3.05) is 0 Å². The fourth-order valence-corrected chi connectivity index (χ4v) is 3.19. The normalized spacial score (nSPS) is 11.8. The van der Waals surface area contributed by atoms with Crippen molar-refractivity contribution >= 4 is 11.8 Å². The van der Waals surface area contributed by atoms with E-state index in [1.165, 1.54) is 17.3 Å². The van der Waals surface area contributed by atoms with Crippen molar-refractivity contribution in [3.05, 3.63) is 72.1 Å². The Kier molecular flexibility index (Phi) is 4.74. The molecule has 0 spiro atoms. The van der Waals surface area contributed by atoms with E-state index in [9.17, 15) is 5.26 Å². The minimum atomic E-state index is -0.204. The topological polar surface area (TPSA) is 54.5 Å². The van der Waals surface area contributed by atoms with Gasteiger partial charge in [0.2, 0.25) is 0 Å². The number of aromatic nitrogens is 3. The molecule has 4 nitrogen and oxygen atoms in total. The molecule has 3 rings (SSSR count). The molecule has 0 fully saturated rings. The second-order valence-corrected chi connectivity index (χ2v) is 6.41. The van der Waals surface area contributed by atoms with Gasteiger partial charge in [-0.1, -0.05) is 59.8 Å². The minimum absolute atomic E-state index is 0.204. The monoisotopic (exact) mass is 320 g/mol. The molecule has 0 aliphatic carbocycles. The van der Waals surface area contributed by atoms with Crippen LogP contribution in [0, 0.1) is 18.3 Å². The molecule has 5 heteroatoms. The molecule has 114 valence electrons. The zero-order valence-corrected chi connectivity index (χ0v) is 13.6. The fourth-order valence-electron chi connectivity index (χ4n) is 2.25. The van der Waals surface area contributed by atoms with Gasteiger partial charge in [0.25, 0.3) is 0 Å². The van der Waals surface area contributed by atoms with Crippen LogP contribution in [0.5, 0.6) is 0 Å². The van der Waals surface area contributed by atoms with Crippen LogP contribution in [0.3, 0.4) is 0 Å². The van der Waals surface area contributed by atoms with E-state index in [1.807, 2.05) is 34.9 Å². The molecule has 1 heterocycles. The molecule has 2 aromatic carbocycles. The second kappa shape index (κ2) is 7.12. The van der Waals surface area contributed by atoms with Gasteiger partial charge < -0.3 is 0 Å². The van der Waals surface area contributed by atoms with E-state index in [0.717, 1.165) is 16.4 Å². The third kappa shape index (κ3) is 3.79. The maximum absolute atomic E-state index is 9.47. The Morgan fingerprint density at radius 2 is 1.87 bits per heavy atom. The van der Waals surface area contributed by atoms with Gasteiger partial charge in [-0.05, 0) is 31.0 Å². The van der Waals surface area contributed by atoms with Crippen LogP contribution in [0.1, 0.15) is 11.1 Å². The number of nitriles is 1. The van der Waals surface area contributed by atoms with Crippen LogP contribution < -0.4 is 0 Å². The summed E-state index contributed by atoms with van der Waals surface area (Å²) >= 11 is 1.44. The first-order valence-corrected chi connectivity index (χ1v) is 8.21. The van der Waals surface area contributed by atoms with Crippen LogP contribution in [0.4, 0.5) is 0 Å². The van der Waals surface area contributed by atoms with Crippen LogP contribution in [-0.2, 0) is 6.42 Å². The van der Waals surface area contributed by atoms with E-state index in [4.69, 9.17) is 0 Å². The lowest BCUT2D eigenvalue weighted by Gasteiger charge is -2.10. The molecule has 0 aliphatic rings. The van der Waals surface area contributed by atoms with Gasteiger partial charge in [-0.2, -0.15) is 5.26 Å². The van der Waals surface area contributed by atoms with Crippen molar-refractivity contribution in [1.82, 2.24) is 14.8 Å². The molecule has 0 aliphatic heterocycles. The van der Waals surface area contributed by atoms with Gasteiger partial charge in [-0.3, -0.25) is 4.57 Å². The largest absolute Gasteiger partial charge is 0.277 e. The van der Waals surface area contributed by atoms with Crippen molar-refractivity contribution in [1.29, 1.82) is 5.26 Å². The molecule has 0 amide bonds. The number of rotatable bonds is 5. The molecule has 3 aromatic rings. The average molecular weight is 320 g/mol. The zero-order chi connectivity index (χ0) is 16.1. The van der Waals surface area contributed by atoms with Crippen molar-refractivity contribution in [2.24, 2.45) is 0 Å². The van der Waals surface area contributed by atoms with Gasteiger partial charge in [0.1, 0.15) is 11.6 Å². The van der Waals surface area contributed by atoms with Crippen LogP contribution in [0.25, 0.3) is 5.69 Å². The molecule has 0 radical (unpaired) electrons. The van der Waals surface area contributed by atoms with Gasteiger partial charge in [0, 0.05) is 5.69 Å². The van der Waals surface area contributed by atoms with Gasteiger partial charge in [-0.15, -0.1) is 10.2 Å². The number of hydrogen-bond acceptors (Lipinski definition) is 4. The summed E-state index contributed by atoms with van der Waals surface area (Å²) < 4.78 is 1.91. The lowest BCUT2D eigenvalue weighted by Crippen LogP contribution is -2.06. The van der Waals surface area contributed by atoms with Gasteiger partial charge in [0.15, 0.2) is 5.16 Å². The van der Waals surface area contributed by atoms with E-state index in [1.54, 1.807) is 6.33 Å². The zero-order valence-electron chi connectivity index (χ0n) is 12.8. The van der Waals surface area contributed by atoms with Gasteiger partial charge >= 0.3 is 0 Å². The number of para-hydroxylation sites is 1. The Bertz CT molecular complexity index is 803. The standard InChI is InChI=1S/C18H16N4S/c1-14-7-9-15(10-8-14)11-17(12-19)23-18-21-20-13-22(18)16-5-3-2-4-6-16/h2-10,13,17H,11H2,1H3. The quantitative estimate of drug-likeness (QED) is 0.671. The molecule has 0 bridgehead atoms. The fraction of sp³-hybridized carbons (Fsp3) is 0.167. The Morgan fingerprint density at radius 1 is 1.13 bits per heavy atom. The van der Waals surface area contributed by atoms with E-state index >= 15 is 0 Å². The van der Waals surface area contributed by atoms with E-state index in [-0.39, 0.29) is 5.25 Å². The molecule has 0 N–H and O–H groups in total. The SMILES string of the molecule is Cc1ccc(CC(C#N)Sc2nncn2-c2ccccc2)cc1. The first kappa shape index (κ1) is 15.3. The van der Waals surface area contributed by atoms with Crippen LogP contribution >= 0.6 is 11.8 Å². The summed E-state index contributed by atoms with van der Waals surface area (Å²) in [4.78, 5) is 0. The highest BCUT2D eigenvalue weighted by molar-refractivity contribution is 8.00. The van der Waals surface area contributed by atoms with Gasteiger partial charge in [0.05, 0.1) is 6.07 Å². The third-order valence-electron chi connectivity index (χ3n) is 3.48. The third-order valence-corrected chi connectivity index (χ3v) is 4.53. The Morgan fingerprint density at radius 3 is 2.57 bits per heavy atom. The molecule has 1 unspecified atom stereocenters. The van der Waals surface area contributed by atoms with Crippen molar-refractivity contribution in [2.45, 2.75) is 23.8 Å². The maximum atomic E-state index is 9.47. The highest BCUT2D eigenvalue weighted by atomic mass is 32.2. The average Bonchev–Trinajstić information content (AvgIpc) is 3.05. The predicted molar refractivity (Wildman–Crippen MR) is 91.5 cm³/mol. The summed E-state index contributed by atoms with van der Waals surface area (Å²) in [5.41, 5.74) is 3.37. The van der Waals surface area contributed by atoms with Crippen LogP contribution in [0.15, 0.2) is 66.1 Å². The summed E-state index contributed by atoms with van der Waals surface area (Å²) in [5, 5.41) is 18.1. The number of thioether (sulfide) groups is 1. The summed E-state index contributed by atoms with van der Waals surface area (Å²) in [7, 11) is 0. The number of nitrogens with zero attached hydrogens (tertiary/aromatic N) is 4. The number of hydrogen-bond donors (Lipinski definition) is 0. The lowest BCUT2D eigenvalue weighted by molar-refractivity contribution is 0.875. The van der Waals surface area contributed by atoms with E-state index in [2.05, 4.69) is 47.5 Å². The minimum Gasteiger partial charge on any atom is -0.277 e. The summed E-state index contributed by atoms with van der Waals surface area (Å²) in [6.45, 7) is 2.06. The number of benzene rings is 2. The lowest BCUT2D eigenvalue weighted by atomic mass is 10.1. The molecule has 1 aromatic heterocycles.